The molecule has 26 heavy (non-hydrogen) atoms. The van der Waals surface area contributed by atoms with Crippen LogP contribution in [0.4, 0.5) is 0 Å². The van der Waals surface area contributed by atoms with E-state index in [-0.39, 0.29) is 18.3 Å². The Balaban J connectivity index is 0.00000243. The summed E-state index contributed by atoms with van der Waals surface area (Å²) in [5, 5.41) is 10.8. The Morgan fingerprint density at radius 3 is 2.65 bits per heavy atom. The Bertz CT molecular complexity index is 685. The second kappa shape index (κ2) is 9.71. The number of hydrogen-bond donors (Lipinski definition) is 2. The number of hydrogen-bond acceptors (Lipinski definition) is 4. The van der Waals surface area contributed by atoms with E-state index < -0.39 is 5.54 Å². The van der Waals surface area contributed by atoms with Crippen molar-refractivity contribution < 1.29 is 9.53 Å². The van der Waals surface area contributed by atoms with Crippen LogP contribution >= 0.6 is 12.4 Å². The van der Waals surface area contributed by atoms with Crippen molar-refractivity contribution in [3.05, 3.63) is 53.9 Å². The lowest BCUT2D eigenvalue weighted by Crippen LogP contribution is -2.54. The van der Waals surface area contributed by atoms with Crippen molar-refractivity contribution in [3.8, 4) is 0 Å². The number of aromatic nitrogens is 2. The van der Waals surface area contributed by atoms with Crippen LogP contribution < -0.4 is 10.6 Å². The lowest BCUT2D eigenvalue weighted by molar-refractivity contribution is -0.132. The van der Waals surface area contributed by atoms with Crippen LogP contribution in [0, 0.1) is 0 Å². The Kier molecular flexibility index (Phi) is 7.63. The fraction of sp³-hybridized carbons (Fsp3) is 0.474. The first-order valence-corrected chi connectivity index (χ1v) is 8.90. The van der Waals surface area contributed by atoms with Gasteiger partial charge in [0.1, 0.15) is 5.54 Å². The molecule has 0 saturated carbocycles. The van der Waals surface area contributed by atoms with Crippen molar-refractivity contribution >= 4 is 18.3 Å². The number of piperidine rings is 1. The van der Waals surface area contributed by atoms with Crippen molar-refractivity contribution in [1.29, 1.82) is 0 Å². The molecule has 1 amide bonds. The molecule has 3 rings (SSSR count). The van der Waals surface area contributed by atoms with Crippen molar-refractivity contribution in [3.63, 3.8) is 0 Å². The van der Waals surface area contributed by atoms with E-state index in [1.165, 1.54) is 0 Å². The largest absolute Gasteiger partial charge is 0.377 e. The number of benzene rings is 1. The summed E-state index contributed by atoms with van der Waals surface area (Å²) in [6, 6.07) is 9.94. The number of ether oxygens (including phenoxy) is 1. The van der Waals surface area contributed by atoms with Gasteiger partial charge in [-0.15, -0.1) is 12.4 Å². The molecule has 142 valence electrons. The molecular weight excluding hydrogens is 352 g/mol. The van der Waals surface area contributed by atoms with Gasteiger partial charge in [0.2, 0.25) is 5.91 Å². The third-order valence-corrected chi connectivity index (χ3v) is 4.82. The maximum Gasteiger partial charge on any atom is 0.248 e. The number of nitrogens with zero attached hydrogens (tertiary/aromatic N) is 2. The van der Waals surface area contributed by atoms with Crippen molar-refractivity contribution in [2.45, 2.75) is 38.5 Å². The highest BCUT2D eigenvalue weighted by molar-refractivity contribution is 5.85. The molecule has 1 aliphatic rings. The number of halogens is 1. The van der Waals surface area contributed by atoms with Crippen molar-refractivity contribution in [1.82, 2.24) is 20.4 Å². The summed E-state index contributed by atoms with van der Waals surface area (Å²) in [7, 11) is 0. The van der Waals surface area contributed by atoms with Gasteiger partial charge in [0, 0.05) is 25.5 Å². The SMILES string of the molecule is CCOCc1ccccc1CNC(=O)C1(n2cccn2)CCNCC1.Cl. The quantitative estimate of drug-likeness (QED) is 0.775. The molecule has 1 aromatic carbocycles. The molecule has 2 heterocycles. The van der Waals surface area contributed by atoms with Crippen LogP contribution in [-0.2, 0) is 28.2 Å². The smallest absolute Gasteiger partial charge is 0.248 e. The minimum atomic E-state index is -0.608. The van der Waals surface area contributed by atoms with E-state index in [0.717, 1.165) is 37.1 Å². The van der Waals surface area contributed by atoms with E-state index in [0.29, 0.717) is 19.8 Å². The van der Waals surface area contributed by atoms with Gasteiger partial charge in [0.25, 0.3) is 0 Å². The van der Waals surface area contributed by atoms with Gasteiger partial charge in [-0.05, 0) is 50.0 Å². The number of carbonyl (C=O) groups excluding carboxylic acids is 1. The number of rotatable bonds is 7. The van der Waals surface area contributed by atoms with Gasteiger partial charge in [-0.1, -0.05) is 24.3 Å². The zero-order valence-electron chi connectivity index (χ0n) is 15.1. The maximum absolute atomic E-state index is 13.1. The molecule has 6 nitrogen and oxygen atoms in total. The van der Waals surface area contributed by atoms with Crippen molar-refractivity contribution in [2.75, 3.05) is 19.7 Å². The van der Waals surface area contributed by atoms with Crippen LogP contribution in [0.25, 0.3) is 0 Å². The normalized spacial score (nSPS) is 15.9. The first kappa shape index (κ1) is 20.4. The second-order valence-corrected chi connectivity index (χ2v) is 6.32. The topological polar surface area (TPSA) is 68.2 Å². The average molecular weight is 379 g/mol. The maximum atomic E-state index is 13.1. The van der Waals surface area contributed by atoms with Gasteiger partial charge in [0.05, 0.1) is 6.61 Å². The van der Waals surface area contributed by atoms with E-state index in [9.17, 15) is 4.79 Å². The Morgan fingerprint density at radius 2 is 2.00 bits per heavy atom. The summed E-state index contributed by atoms with van der Waals surface area (Å²) in [5.41, 5.74) is 1.60. The van der Waals surface area contributed by atoms with Gasteiger partial charge in [-0.2, -0.15) is 5.10 Å². The van der Waals surface area contributed by atoms with Gasteiger partial charge >= 0.3 is 0 Å². The first-order valence-electron chi connectivity index (χ1n) is 8.90. The van der Waals surface area contributed by atoms with E-state index in [1.54, 1.807) is 6.20 Å². The van der Waals surface area contributed by atoms with Gasteiger partial charge in [0.15, 0.2) is 0 Å². The van der Waals surface area contributed by atoms with E-state index in [2.05, 4.69) is 15.7 Å². The molecule has 1 aliphatic heterocycles. The van der Waals surface area contributed by atoms with Crippen molar-refractivity contribution in [2.24, 2.45) is 0 Å². The molecule has 0 radical (unpaired) electrons. The molecule has 0 spiro atoms. The highest BCUT2D eigenvalue weighted by Crippen LogP contribution is 2.27. The molecule has 7 heteroatoms. The molecule has 1 saturated heterocycles. The highest BCUT2D eigenvalue weighted by atomic mass is 35.5. The zero-order valence-corrected chi connectivity index (χ0v) is 15.9. The van der Waals surface area contributed by atoms with Crippen LogP contribution in [0.15, 0.2) is 42.7 Å². The minimum Gasteiger partial charge on any atom is -0.377 e. The van der Waals surface area contributed by atoms with Crippen LogP contribution in [0.2, 0.25) is 0 Å². The summed E-state index contributed by atoms with van der Waals surface area (Å²) in [5.74, 6) is 0.0314. The van der Waals surface area contributed by atoms with Crippen LogP contribution in [-0.4, -0.2) is 35.4 Å². The molecule has 0 unspecified atom stereocenters. The van der Waals surface area contributed by atoms with Crippen LogP contribution in [0.1, 0.15) is 30.9 Å². The molecule has 0 aliphatic carbocycles. The minimum absolute atomic E-state index is 0. The predicted molar refractivity (Wildman–Crippen MR) is 103 cm³/mol. The summed E-state index contributed by atoms with van der Waals surface area (Å²) < 4.78 is 7.34. The average Bonchev–Trinajstić information content (AvgIpc) is 3.21. The van der Waals surface area contributed by atoms with E-state index >= 15 is 0 Å². The van der Waals surface area contributed by atoms with Gasteiger partial charge in [-0.3, -0.25) is 9.48 Å². The first-order chi connectivity index (χ1) is 12.3. The Hall–Kier alpha value is -1.89. The lowest BCUT2D eigenvalue weighted by atomic mass is 9.87. The summed E-state index contributed by atoms with van der Waals surface area (Å²) in [4.78, 5) is 13.1. The van der Waals surface area contributed by atoms with E-state index in [4.69, 9.17) is 4.74 Å². The second-order valence-electron chi connectivity index (χ2n) is 6.32. The van der Waals surface area contributed by atoms with Gasteiger partial charge < -0.3 is 15.4 Å². The zero-order chi connectivity index (χ0) is 17.5. The van der Waals surface area contributed by atoms with E-state index in [1.807, 2.05) is 48.1 Å². The number of nitrogens with one attached hydrogen (secondary N) is 2. The third kappa shape index (κ3) is 4.44. The Labute approximate surface area is 160 Å². The van der Waals surface area contributed by atoms with Crippen LogP contribution in [0.3, 0.4) is 0 Å². The molecule has 1 aromatic heterocycles. The molecule has 2 aromatic rings. The van der Waals surface area contributed by atoms with Crippen LogP contribution in [0.5, 0.6) is 0 Å². The molecule has 0 bridgehead atoms. The third-order valence-electron chi connectivity index (χ3n) is 4.82. The molecule has 1 fully saturated rings. The molecule has 2 N–H and O–H groups in total. The van der Waals surface area contributed by atoms with Gasteiger partial charge in [-0.25, -0.2) is 0 Å². The molecule has 0 atom stereocenters. The summed E-state index contributed by atoms with van der Waals surface area (Å²) in [6.45, 7) is 5.35. The lowest BCUT2D eigenvalue weighted by Gasteiger charge is -2.36. The summed E-state index contributed by atoms with van der Waals surface area (Å²) in [6.07, 6.45) is 5.09. The number of amides is 1. The Morgan fingerprint density at radius 1 is 1.27 bits per heavy atom. The highest BCUT2D eigenvalue weighted by Gasteiger charge is 2.41. The molecular formula is C19H27ClN4O2. The monoisotopic (exact) mass is 378 g/mol. The number of carbonyl (C=O) groups is 1. The summed E-state index contributed by atoms with van der Waals surface area (Å²) >= 11 is 0. The standard InChI is InChI=1S/C19H26N4O2.ClH/c1-2-25-15-17-7-4-3-6-16(17)14-21-18(24)19(8-11-20-12-9-19)23-13-5-10-22-23;/h3-7,10,13,20H,2,8-9,11-12,14-15H2,1H3,(H,21,24);1H. The predicted octanol–water partition coefficient (Wildman–Crippen LogP) is 2.24. The fourth-order valence-corrected chi connectivity index (χ4v) is 3.35. The fourth-order valence-electron chi connectivity index (χ4n) is 3.35.